The summed E-state index contributed by atoms with van der Waals surface area (Å²) in [6.07, 6.45) is 11.5. The molecule has 0 fully saturated rings. The highest BCUT2D eigenvalue weighted by Crippen LogP contribution is 2.33. The molecule has 0 N–H and O–H groups in total. The average Bonchev–Trinajstić information content (AvgIpc) is 2.45. The molecule has 0 spiro atoms. The summed E-state index contributed by atoms with van der Waals surface area (Å²) in [5.41, 5.74) is 3.02. The number of rotatable bonds is 0. The molecule has 3 aromatic carbocycles. The molecule has 0 radical (unpaired) electrons. The predicted molar refractivity (Wildman–Crippen MR) is 82.1 cm³/mol. The van der Waals surface area contributed by atoms with Gasteiger partial charge in [-0.25, -0.2) is 0 Å². The van der Waals surface area contributed by atoms with Crippen LogP contribution in [-0.4, -0.2) is 0 Å². The summed E-state index contributed by atoms with van der Waals surface area (Å²) >= 11 is 0. The van der Waals surface area contributed by atoms with E-state index in [1.165, 1.54) is 0 Å². The van der Waals surface area contributed by atoms with Crippen LogP contribution >= 0.6 is 0 Å². The van der Waals surface area contributed by atoms with Crippen molar-refractivity contribution in [2.45, 2.75) is 6.92 Å². The maximum atomic E-state index is 5.74. The van der Waals surface area contributed by atoms with E-state index in [4.69, 9.17) is 12.8 Å². The molecule has 0 aliphatic heterocycles. The van der Waals surface area contributed by atoms with Crippen molar-refractivity contribution in [3.05, 3.63) is 59.2 Å². The maximum absolute atomic E-state index is 5.74. The van der Waals surface area contributed by atoms with Gasteiger partial charge in [0.05, 0.1) is 0 Å². The minimum atomic E-state index is 0.924. The molecule has 3 rings (SSSR count). The monoisotopic (exact) mass is 240 g/mol. The number of terminal acetylenes is 2. The second kappa shape index (κ2) is 4.20. The first-order chi connectivity index (χ1) is 9.27. The van der Waals surface area contributed by atoms with Gasteiger partial charge in [-0.3, -0.25) is 0 Å². The summed E-state index contributed by atoms with van der Waals surface area (Å²) in [6, 6.07) is 14.2. The van der Waals surface area contributed by atoms with Crippen LogP contribution in [0.25, 0.3) is 21.5 Å². The van der Waals surface area contributed by atoms with E-state index in [0.29, 0.717) is 0 Å². The van der Waals surface area contributed by atoms with E-state index in [-0.39, 0.29) is 0 Å². The van der Waals surface area contributed by atoms with Gasteiger partial charge in [-0.15, -0.1) is 12.8 Å². The van der Waals surface area contributed by atoms with Gasteiger partial charge in [0.25, 0.3) is 0 Å². The van der Waals surface area contributed by atoms with Crippen LogP contribution in [0.5, 0.6) is 0 Å². The van der Waals surface area contributed by atoms with E-state index >= 15 is 0 Å². The number of hydrogen-bond acceptors (Lipinski definition) is 0. The molecule has 19 heavy (non-hydrogen) atoms. The lowest BCUT2D eigenvalue weighted by molar-refractivity contribution is 1.53. The molecule has 3 aromatic rings. The summed E-state index contributed by atoms with van der Waals surface area (Å²) in [5.74, 6) is 5.66. The zero-order valence-corrected chi connectivity index (χ0v) is 10.7. The van der Waals surface area contributed by atoms with Crippen LogP contribution in [0, 0.1) is 31.6 Å². The van der Waals surface area contributed by atoms with Crippen LogP contribution in [0.2, 0.25) is 0 Å². The summed E-state index contributed by atoms with van der Waals surface area (Å²) in [6.45, 7) is 2.07. The molecular formula is C19H12. The molecule has 0 aliphatic rings. The van der Waals surface area contributed by atoms with Gasteiger partial charge in [0.15, 0.2) is 0 Å². The average molecular weight is 240 g/mol. The third kappa shape index (κ3) is 1.51. The van der Waals surface area contributed by atoms with Crippen molar-refractivity contribution in [1.29, 1.82) is 0 Å². The Hall–Kier alpha value is -2.70. The van der Waals surface area contributed by atoms with Crippen LogP contribution in [0.15, 0.2) is 42.5 Å². The third-order valence-corrected chi connectivity index (χ3v) is 3.55. The fourth-order valence-corrected chi connectivity index (χ4v) is 2.71. The van der Waals surface area contributed by atoms with Gasteiger partial charge < -0.3 is 0 Å². The molecule has 88 valence electrons. The smallest absolute Gasteiger partial charge is 0.0403 e. The molecule has 0 aliphatic carbocycles. The van der Waals surface area contributed by atoms with Crippen molar-refractivity contribution < 1.29 is 0 Å². The van der Waals surface area contributed by atoms with E-state index in [1.54, 1.807) is 0 Å². The van der Waals surface area contributed by atoms with Gasteiger partial charge in [-0.1, -0.05) is 54.3 Å². The fraction of sp³-hybridized carbons (Fsp3) is 0.0526. The van der Waals surface area contributed by atoms with Crippen LogP contribution in [-0.2, 0) is 0 Å². The van der Waals surface area contributed by atoms with Crippen molar-refractivity contribution in [2.75, 3.05) is 0 Å². The van der Waals surface area contributed by atoms with E-state index in [0.717, 1.165) is 38.2 Å². The van der Waals surface area contributed by atoms with E-state index in [9.17, 15) is 0 Å². The molecule has 0 aromatic heterocycles. The molecule has 0 amide bonds. The molecule has 0 heteroatoms. The summed E-state index contributed by atoms with van der Waals surface area (Å²) in [5, 5.41) is 4.27. The second-order valence-corrected chi connectivity index (χ2v) is 4.58. The number of hydrogen-bond donors (Lipinski definition) is 0. The minimum absolute atomic E-state index is 0.924. The summed E-state index contributed by atoms with van der Waals surface area (Å²) in [7, 11) is 0. The Balaban J connectivity index is 2.76. The zero-order valence-electron chi connectivity index (χ0n) is 10.7. The maximum Gasteiger partial charge on any atom is 0.0403 e. The Labute approximate surface area is 113 Å². The third-order valence-electron chi connectivity index (χ3n) is 3.55. The zero-order chi connectivity index (χ0) is 13.4. The number of benzene rings is 3. The normalized spacial score (nSPS) is 10.3. The lowest BCUT2D eigenvalue weighted by atomic mass is 9.90. The molecule has 0 saturated heterocycles. The highest BCUT2D eigenvalue weighted by molar-refractivity contribution is 6.10. The topological polar surface area (TPSA) is 0 Å². The highest BCUT2D eigenvalue weighted by atomic mass is 14.1. The first-order valence-corrected chi connectivity index (χ1v) is 6.15. The van der Waals surface area contributed by atoms with Crippen molar-refractivity contribution in [3.8, 4) is 24.7 Å². The Morgan fingerprint density at radius 2 is 1.32 bits per heavy atom. The van der Waals surface area contributed by atoms with Crippen molar-refractivity contribution in [1.82, 2.24) is 0 Å². The van der Waals surface area contributed by atoms with Crippen LogP contribution < -0.4 is 0 Å². The van der Waals surface area contributed by atoms with Gasteiger partial charge in [-0.05, 0) is 28.6 Å². The van der Waals surface area contributed by atoms with Gasteiger partial charge in [0, 0.05) is 16.5 Å². The minimum Gasteiger partial charge on any atom is -0.115 e. The van der Waals surface area contributed by atoms with Gasteiger partial charge in [-0.2, -0.15) is 0 Å². The number of aryl methyl sites for hydroxylation is 1. The fourth-order valence-electron chi connectivity index (χ4n) is 2.71. The van der Waals surface area contributed by atoms with Crippen LogP contribution in [0.3, 0.4) is 0 Å². The van der Waals surface area contributed by atoms with Gasteiger partial charge in [0.1, 0.15) is 0 Å². The Kier molecular flexibility index (Phi) is 2.52. The van der Waals surface area contributed by atoms with E-state index < -0.39 is 0 Å². The number of fused-ring (bicyclic) bond motifs is 2. The standard InChI is InChI=1S/C19H12/c1-4-14-16-10-6-7-11-17(16)15(5-2)19-13(3)9-8-12-18(14)19/h1-2,6-12H,3H3. The Morgan fingerprint density at radius 1 is 0.737 bits per heavy atom. The van der Waals surface area contributed by atoms with Crippen LogP contribution in [0.4, 0.5) is 0 Å². The molecule has 0 saturated carbocycles. The lowest BCUT2D eigenvalue weighted by Gasteiger charge is -2.12. The Morgan fingerprint density at radius 3 is 1.95 bits per heavy atom. The first-order valence-electron chi connectivity index (χ1n) is 6.15. The molecular weight excluding hydrogens is 228 g/mol. The largest absolute Gasteiger partial charge is 0.115 e. The highest BCUT2D eigenvalue weighted by Gasteiger charge is 2.12. The van der Waals surface area contributed by atoms with Gasteiger partial charge >= 0.3 is 0 Å². The molecule has 0 heterocycles. The summed E-state index contributed by atoms with van der Waals surface area (Å²) in [4.78, 5) is 0. The Bertz CT molecular complexity index is 884. The van der Waals surface area contributed by atoms with E-state index in [1.807, 2.05) is 36.4 Å². The first kappa shape index (κ1) is 11.4. The molecule has 0 atom stereocenters. The molecule has 0 nitrogen and oxygen atoms in total. The molecule has 0 unspecified atom stereocenters. The van der Waals surface area contributed by atoms with E-state index in [2.05, 4.69) is 24.8 Å². The quantitative estimate of drug-likeness (QED) is 0.407. The van der Waals surface area contributed by atoms with Crippen molar-refractivity contribution in [2.24, 2.45) is 0 Å². The van der Waals surface area contributed by atoms with Crippen LogP contribution in [0.1, 0.15) is 16.7 Å². The second-order valence-electron chi connectivity index (χ2n) is 4.58. The lowest BCUT2D eigenvalue weighted by Crippen LogP contribution is -1.91. The summed E-state index contributed by atoms with van der Waals surface area (Å²) < 4.78 is 0. The predicted octanol–water partition coefficient (Wildman–Crippen LogP) is 4.26. The van der Waals surface area contributed by atoms with Crippen molar-refractivity contribution >= 4 is 21.5 Å². The van der Waals surface area contributed by atoms with Gasteiger partial charge in [0.2, 0.25) is 0 Å². The SMILES string of the molecule is C#Cc1c2ccccc2c(C#C)c2c(C)cccc12. The van der Waals surface area contributed by atoms with Crippen molar-refractivity contribution in [3.63, 3.8) is 0 Å². The molecule has 0 bridgehead atoms.